The molecule has 0 aromatic heterocycles. The standard InChI is InChI=1S/C9H16NO.BrH/c1-5-6-10-8(2)11-7-9(10,3)4;/h5H,1,6-7H2,2-4H3;1H/q+1;/p-1. The quantitative estimate of drug-likeness (QED) is 0.415. The van der Waals surface area contributed by atoms with Gasteiger partial charge < -0.3 is 21.7 Å². The molecule has 0 amide bonds. The predicted molar refractivity (Wildman–Crippen MR) is 46.0 cm³/mol. The van der Waals surface area contributed by atoms with Crippen molar-refractivity contribution in [3.05, 3.63) is 12.7 Å². The van der Waals surface area contributed by atoms with Crippen molar-refractivity contribution in [1.29, 1.82) is 0 Å². The zero-order chi connectivity index (χ0) is 8.48. The van der Waals surface area contributed by atoms with E-state index in [4.69, 9.17) is 4.74 Å². The van der Waals surface area contributed by atoms with Crippen LogP contribution in [0.25, 0.3) is 0 Å². The number of hydrogen-bond donors (Lipinski definition) is 0. The molecule has 0 aromatic rings. The molecule has 0 aromatic carbocycles. The summed E-state index contributed by atoms with van der Waals surface area (Å²) in [5.74, 6) is 1.01. The average Bonchev–Trinajstić information content (AvgIpc) is 2.16. The van der Waals surface area contributed by atoms with Gasteiger partial charge in [-0.25, -0.2) is 0 Å². The Bertz CT molecular complexity index is 209. The first kappa shape index (κ1) is 11.7. The maximum Gasteiger partial charge on any atom is 0.334 e. The molecule has 2 nitrogen and oxygen atoms in total. The second kappa shape index (κ2) is 4.08. The Hall–Kier alpha value is -0.310. The van der Waals surface area contributed by atoms with E-state index in [-0.39, 0.29) is 22.5 Å². The van der Waals surface area contributed by atoms with Gasteiger partial charge in [0.25, 0.3) is 0 Å². The van der Waals surface area contributed by atoms with E-state index < -0.39 is 0 Å². The highest BCUT2D eigenvalue weighted by Gasteiger charge is 2.39. The Balaban J connectivity index is 0.00000121. The summed E-state index contributed by atoms with van der Waals surface area (Å²) in [6, 6.07) is 0. The molecule has 1 heterocycles. The summed E-state index contributed by atoms with van der Waals surface area (Å²) < 4.78 is 7.65. The van der Waals surface area contributed by atoms with Gasteiger partial charge in [0.15, 0.2) is 18.7 Å². The molecule has 0 unspecified atom stereocenters. The molecular weight excluding hydrogens is 218 g/mol. The molecule has 0 radical (unpaired) electrons. The average molecular weight is 234 g/mol. The van der Waals surface area contributed by atoms with Gasteiger partial charge in [0, 0.05) is 13.8 Å². The number of halogens is 1. The van der Waals surface area contributed by atoms with Crippen LogP contribution >= 0.6 is 0 Å². The van der Waals surface area contributed by atoms with Crippen LogP contribution in [0.15, 0.2) is 12.7 Å². The number of nitrogens with zero attached hydrogens (tertiary/aromatic N) is 1. The van der Waals surface area contributed by atoms with E-state index >= 15 is 0 Å². The Kier molecular flexibility index (Phi) is 3.97. The molecule has 3 heteroatoms. The van der Waals surface area contributed by atoms with Gasteiger partial charge in [0.1, 0.15) is 0 Å². The zero-order valence-electron chi connectivity index (χ0n) is 7.93. The van der Waals surface area contributed by atoms with Gasteiger partial charge in [0.2, 0.25) is 0 Å². The van der Waals surface area contributed by atoms with Crippen LogP contribution in [0.3, 0.4) is 0 Å². The fraction of sp³-hybridized carbons (Fsp3) is 0.667. The number of rotatable bonds is 2. The molecule has 12 heavy (non-hydrogen) atoms. The first-order valence-corrected chi connectivity index (χ1v) is 3.93. The highest BCUT2D eigenvalue weighted by molar-refractivity contribution is 5.69. The largest absolute Gasteiger partial charge is 1.00 e. The first-order valence-electron chi connectivity index (χ1n) is 3.93. The summed E-state index contributed by atoms with van der Waals surface area (Å²) in [4.78, 5) is 0. The molecule has 0 saturated carbocycles. The van der Waals surface area contributed by atoms with Gasteiger partial charge in [0.05, 0.1) is 6.92 Å². The highest BCUT2D eigenvalue weighted by atomic mass is 79.9. The number of ether oxygens (including phenoxy) is 1. The zero-order valence-corrected chi connectivity index (χ0v) is 9.52. The molecule has 70 valence electrons. The molecule has 0 atom stereocenters. The molecule has 1 rings (SSSR count). The molecular formula is C9H16BrNO. The summed E-state index contributed by atoms with van der Waals surface area (Å²) in [7, 11) is 0. The van der Waals surface area contributed by atoms with Crippen LogP contribution in [0.1, 0.15) is 20.8 Å². The SMILES string of the molecule is C=CC[N+]1=C(C)OCC1(C)C.[Br-]. The molecule has 0 saturated heterocycles. The molecule has 1 aliphatic rings. The lowest BCUT2D eigenvalue weighted by atomic mass is 10.1. The van der Waals surface area contributed by atoms with Crippen LogP contribution in [-0.4, -0.2) is 29.2 Å². The molecule has 0 fully saturated rings. The van der Waals surface area contributed by atoms with Crippen molar-refractivity contribution >= 4 is 5.90 Å². The third kappa shape index (κ3) is 2.09. The van der Waals surface area contributed by atoms with E-state index in [1.807, 2.05) is 13.0 Å². The second-order valence-corrected chi connectivity index (χ2v) is 3.52. The molecule has 0 spiro atoms. The van der Waals surface area contributed by atoms with Gasteiger partial charge in [-0.2, -0.15) is 4.58 Å². The lowest BCUT2D eigenvalue weighted by Crippen LogP contribution is -3.00. The number of hydrogen-bond acceptors (Lipinski definition) is 1. The first-order chi connectivity index (χ1) is 5.08. The Morgan fingerprint density at radius 2 is 2.25 bits per heavy atom. The van der Waals surface area contributed by atoms with Crippen molar-refractivity contribution in [2.75, 3.05) is 13.2 Å². The van der Waals surface area contributed by atoms with Crippen LogP contribution in [0, 0.1) is 0 Å². The minimum atomic E-state index is 0. The summed E-state index contributed by atoms with van der Waals surface area (Å²) >= 11 is 0. The van der Waals surface area contributed by atoms with Crippen molar-refractivity contribution in [2.24, 2.45) is 0 Å². The van der Waals surface area contributed by atoms with E-state index in [0.717, 1.165) is 19.0 Å². The van der Waals surface area contributed by atoms with Gasteiger partial charge in [-0.3, -0.25) is 0 Å². The third-order valence-corrected chi connectivity index (χ3v) is 2.06. The summed E-state index contributed by atoms with van der Waals surface area (Å²) in [6.07, 6.45) is 1.90. The summed E-state index contributed by atoms with van der Waals surface area (Å²) in [6.45, 7) is 11.7. The van der Waals surface area contributed by atoms with E-state index in [0.29, 0.717) is 0 Å². The van der Waals surface area contributed by atoms with Crippen LogP contribution in [0.5, 0.6) is 0 Å². The smallest absolute Gasteiger partial charge is 0.334 e. The van der Waals surface area contributed by atoms with E-state index in [1.54, 1.807) is 0 Å². The van der Waals surface area contributed by atoms with Crippen LogP contribution < -0.4 is 17.0 Å². The van der Waals surface area contributed by atoms with Crippen molar-refractivity contribution in [1.82, 2.24) is 0 Å². The fourth-order valence-electron chi connectivity index (χ4n) is 1.37. The predicted octanol–water partition coefficient (Wildman–Crippen LogP) is -1.58. The fourth-order valence-corrected chi connectivity index (χ4v) is 1.37. The van der Waals surface area contributed by atoms with Crippen molar-refractivity contribution in [2.45, 2.75) is 26.3 Å². The van der Waals surface area contributed by atoms with E-state index in [9.17, 15) is 0 Å². The van der Waals surface area contributed by atoms with Crippen molar-refractivity contribution in [3.63, 3.8) is 0 Å². The van der Waals surface area contributed by atoms with E-state index in [2.05, 4.69) is 25.0 Å². The van der Waals surface area contributed by atoms with Crippen LogP contribution in [0.2, 0.25) is 0 Å². The van der Waals surface area contributed by atoms with Crippen molar-refractivity contribution in [3.8, 4) is 0 Å². The van der Waals surface area contributed by atoms with Gasteiger partial charge in [-0.05, 0) is 6.08 Å². The van der Waals surface area contributed by atoms with Crippen LogP contribution in [-0.2, 0) is 4.74 Å². The lowest BCUT2D eigenvalue weighted by Gasteiger charge is -2.12. The Labute approximate surface area is 84.7 Å². The van der Waals surface area contributed by atoms with Gasteiger partial charge in [-0.15, -0.1) is 0 Å². The topological polar surface area (TPSA) is 12.2 Å². The summed E-state index contributed by atoms with van der Waals surface area (Å²) in [5.41, 5.74) is 0.137. The summed E-state index contributed by atoms with van der Waals surface area (Å²) in [5, 5.41) is 0. The molecule has 1 aliphatic heterocycles. The Morgan fingerprint density at radius 1 is 1.67 bits per heavy atom. The molecule has 0 aliphatic carbocycles. The van der Waals surface area contributed by atoms with Crippen LogP contribution in [0.4, 0.5) is 0 Å². The molecule has 0 bridgehead atoms. The normalized spacial score (nSPS) is 19.9. The minimum absolute atomic E-state index is 0. The monoisotopic (exact) mass is 233 g/mol. The highest BCUT2D eigenvalue weighted by Crippen LogP contribution is 2.16. The Morgan fingerprint density at radius 3 is 2.58 bits per heavy atom. The third-order valence-electron chi connectivity index (χ3n) is 2.06. The maximum absolute atomic E-state index is 5.43. The lowest BCUT2D eigenvalue weighted by molar-refractivity contribution is -0.581. The second-order valence-electron chi connectivity index (χ2n) is 3.52. The van der Waals surface area contributed by atoms with E-state index in [1.165, 1.54) is 0 Å². The van der Waals surface area contributed by atoms with Gasteiger partial charge >= 0.3 is 5.90 Å². The van der Waals surface area contributed by atoms with Gasteiger partial charge in [-0.1, -0.05) is 6.58 Å². The molecule has 0 N–H and O–H groups in total. The minimum Gasteiger partial charge on any atom is -1.00 e. The van der Waals surface area contributed by atoms with Crippen molar-refractivity contribution < 1.29 is 26.3 Å². The maximum atomic E-state index is 5.43.